The lowest BCUT2D eigenvalue weighted by Gasteiger charge is -2.40. The van der Waals surface area contributed by atoms with Crippen LogP contribution in [0, 0.1) is 17.8 Å². The Morgan fingerprint density at radius 2 is 1.96 bits per heavy atom. The molecule has 0 saturated heterocycles. The van der Waals surface area contributed by atoms with E-state index in [-0.39, 0.29) is 5.16 Å². The van der Waals surface area contributed by atoms with Gasteiger partial charge in [-0.15, -0.1) is 9.24 Å². The molecule has 1 heteroatoms. The second-order valence-electron chi connectivity index (χ2n) is 8.76. The molecule has 0 spiro atoms. The van der Waals surface area contributed by atoms with Crippen molar-refractivity contribution in [3.05, 3.63) is 46.6 Å². The third-order valence-electron chi connectivity index (χ3n) is 6.83. The van der Waals surface area contributed by atoms with Crippen LogP contribution < -0.4 is 0 Å². The lowest BCUT2D eigenvalue weighted by molar-refractivity contribution is 0.290. The summed E-state index contributed by atoms with van der Waals surface area (Å²) < 4.78 is 0. The van der Waals surface area contributed by atoms with Crippen LogP contribution in [0.2, 0.25) is 0 Å². The van der Waals surface area contributed by atoms with Crippen LogP contribution in [0.25, 0.3) is 0 Å². The van der Waals surface area contributed by atoms with E-state index in [1.54, 1.807) is 11.1 Å². The lowest BCUT2D eigenvalue weighted by atomic mass is 9.73. The van der Waals surface area contributed by atoms with Gasteiger partial charge >= 0.3 is 0 Å². The Bertz CT molecular complexity index is 600. The minimum absolute atomic E-state index is 0.242. The van der Waals surface area contributed by atoms with Crippen LogP contribution >= 0.6 is 9.24 Å². The largest absolute Gasteiger partial charge is 0.126 e. The molecular weight excluding hydrogens is 319 g/mol. The van der Waals surface area contributed by atoms with E-state index in [1.165, 1.54) is 48.8 Å². The molecule has 140 valence electrons. The summed E-state index contributed by atoms with van der Waals surface area (Å²) in [6.07, 6.45) is 12.2. The number of allylic oxidation sites excluding steroid dienone is 7. The molecule has 0 aromatic rings. The van der Waals surface area contributed by atoms with Crippen molar-refractivity contribution in [1.82, 2.24) is 0 Å². The molecule has 5 atom stereocenters. The Labute approximate surface area is 159 Å². The van der Waals surface area contributed by atoms with Crippen molar-refractivity contribution in [2.75, 3.05) is 0 Å². The Balaban J connectivity index is 2.51. The average molecular weight is 359 g/mol. The molecule has 2 saturated carbocycles. The van der Waals surface area contributed by atoms with Gasteiger partial charge in [-0.3, -0.25) is 0 Å². The predicted molar refractivity (Wildman–Crippen MR) is 117 cm³/mol. The average Bonchev–Trinajstić information content (AvgIpc) is 2.86. The second-order valence-corrected chi connectivity index (χ2v) is 9.79. The molecule has 0 radical (unpaired) electrons. The van der Waals surface area contributed by atoms with Crippen LogP contribution in [0.4, 0.5) is 0 Å². The molecule has 0 nitrogen and oxygen atoms in total. The molecule has 2 fully saturated rings. The van der Waals surface area contributed by atoms with E-state index in [0.717, 1.165) is 12.3 Å². The maximum atomic E-state index is 4.53. The minimum Gasteiger partial charge on any atom is -0.126 e. The number of unbranched alkanes of at least 4 members (excludes halogenated alkanes) is 1. The van der Waals surface area contributed by atoms with E-state index in [0.29, 0.717) is 11.8 Å². The van der Waals surface area contributed by atoms with Crippen LogP contribution in [0.1, 0.15) is 80.1 Å². The molecule has 0 aromatic carbocycles. The monoisotopic (exact) mass is 358 g/mol. The van der Waals surface area contributed by atoms with E-state index >= 15 is 0 Å². The maximum absolute atomic E-state index is 4.53. The molecule has 0 bridgehead atoms. The van der Waals surface area contributed by atoms with Crippen molar-refractivity contribution in [2.45, 2.75) is 85.2 Å². The first-order valence-corrected chi connectivity index (χ1v) is 10.8. The summed E-state index contributed by atoms with van der Waals surface area (Å²) in [4.78, 5) is 0. The highest BCUT2D eigenvalue weighted by atomic mass is 31.0. The third-order valence-corrected chi connectivity index (χ3v) is 7.98. The van der Waals surface area contributed by atoms with Crippen LogP contribution in [-0.2, 0) is 0 Å². The SMILES string of the molecule is C=C1CC2C(/C1=C(C)/C=C/CCC)[C@@H](C)CCCC2(P)C(C)=C(C)C. The van der Waals surface area contributed by atoms with Crippen LogP contribution in [0.5, 0.6) is 0 Å². The van der Waals surface area contributed by atoms with Gasteiger partial charge in [-0.1, -0.05) is 68.6 Å². The molecule has 2 rings (SSSR count). The second kappa shape index (κ2) is 8.39. The first-order chi connectivity index (χ1) is 11.7. The lowest BCUT2D eigenvalue weighted by Crippen LogP contribution is -2.36. The van der Waals surface area contributed by atoms with Gasteiger partial charge in [0.1, 0.15) is 0 Å². The van der Waals surface area contributed by atoms with E-state index in [2.05, 4.69) is 69.5 Å². The highest BCUT2D eigenvalue weighted by molar-refractivity contribution is 7.19. The van der Waals surface area contributed by atoms with Gasteiger partial charge in [-0.25, -0.2) is 0 Å². The molecular formula is C24H39P. The fourth-order valence-corrected chi connectivity index (χ4v) is 6.01. The van der Waals surface area contributed by atoms with Crippen molar-refractivity contribution in [3.8, 4) is 0 Å². The van der Waals surface area contributed by atoms with Crippen molar-refractivity contribution in [3.63, 3.8) is 0 Å². The molecule has 25 heavy (non-hydrogen) atoms. The van der Waals surface area contributed by atoms with Gasteiger partial charge in [-0.2, -0.15) is 0 Å². The molecule has 2 aliphatic rings. The first kappa shape index (κ1) is 20.7. The fourth-order valence-electron chi connectivity index (χ4n) is 5.19. The molecule has 4 unspecified atom stereocenters. The van der Waals surface area contributed by atoms with Crippen molar-refractivity contribution < 1.29 is 0 Å². The van der Waals surface area contributed by atoms with Crippen molar-refractivity contribution >= 4 is 9.24 Å². The number of rotatable bonds is 4. The van der Waals surface area contributed by atoms with Gasteiger partial charge in [0.2, 0.25) is 0 Å². The van der Waals surface area contributed by atoms with Gasteiger partial charge in [-0.05, 0) is 75.9 Å². The Morgan fingerprint density at radius 1 is 1.28 bits per heavy atom. The number of hydrogen-bond acceptors (Lipinski definition) is 0. The minimum atomic E-state index is 0.242. The fraction of sp³-hybridized carbons (Fsp3) is 0.667. The molecule has 0 aliphatic heterocycles. The van der Waals surface area contributed by atoms with Gasteiger partial charge < -0.3 is 0 Å². The normalized spacial score (nSPS) is 34.8. The van der Waals surface area contributed by atoms with Crippen LogP contribution in [0.3, 0.4) is 0 Å². The first-order valence-electron chi connectivity index (χ1n) is 10.2. The van der Waals surface area contributed by atoms with Gasteiger partial charge in [0.15, 0.2) is 0 Å². The third kappa shape index (κ3) is 4.05. The summed E-state index contributed by atoms with van der Waals surface area (Å²) in [5.41, 5.74) is 7.53. The summed E-state index contributed by atoms with van der Waals surface area (Å²) in [7, 11) is 3.31. The zero-order valence-corrected chi connectivity index (χ0v) is 18.6. The number of fused-ring (bicyclic) bond motifs is 1. The standard InChI is InChI=1S/C24H39P/c1-8-9-10-12-17(4)22-19(6)15-21-23(22)18(5)13-11-14-24(21,25)20(7)16(2)3/h10,12,18,21,23H,6,8-9,11,13-15,25H2,1-5,7H3/b12-10+,22-17+/t18-,21?,23?,24?/m0/s1. The van der Waals surface area contributed by atoms with Gasteiger partial charge in [0.05, 0.1) is 0 Å². The zero-order chi connectivity index (χ0) is 18.8. The topological polar surface area (TPSA) is 0 Å². The van der Waals surface area contributed by atoms with Crippen LogP contribution in [0.15, 0.2) is 46.6 Å². The van der Waals surface area contributed by atoms with Gasteiger partial charge in [0.25, 0.3) is 0 Å². The van der Waals surface area contributed by atoms with E-state index < -0.39 is 0 Å². The summed E-state index contributed by atoms with van der Waals surface area (Å²) in [6, 6.07) is 0. The summed E-state index contributed by atoms with van der Waals surface area (Å²) in [6.45, 7) is 18.5. The number of hydrogen-bond donors (Lipinski definition) is 0. The van der Waals surface area contributed by atoms with E-state index in [1.807, 2.05) is 0 Å². The quantitative estimate of drug-likeness (QED) is 0.358. The summed E-state index contributed by atoms with van der Waals surface area (Å²) >= 11 is 0. The highest BCUT2D eigenvalue weighted by Gasteiger charge is 2.49. The predicted octanol–water partition coefficient (Wildman–Crippen LogP) is 7.64. The van der Waals surface area contributed by atoms with Gasteiger partial charge in [0, 0.05) is 5.16 Å². The van der Waals surface area contributed by atoms with Crippen molar-refractivity contribution in [1.29, 1.82) is 0 Å². The van der Waals surface area contributed by atoms with Crippen LogP contribution in [-0.4, -0.2) is 5.16 Å². The Hall–Kier alpha value is -0.610. The van der Waals surface area contributed by atoms with Crippen molar-refractivity contribution in [2.24, 2.45) is 17.8 Å². The zero-order valence-electron chi connectivity index (χ0n) is 17.4. The van der Waals surface area contributed by atoms with E-state index in [4.69, 9.17) is 0 Å². The Morgan fingerprint density at radius 3 is 2.56 bits per heavy atom. The summed E-state index contributed by atoms with van der Waals surface area (Å²) in [5, 5.41) is 0.242. The smallest absolute Gasteiger partial charge is 0.00934 e. The maximum Gasteiger partial charge on any atom is 0.00934 e. The highest BCUT2D eigenvalue weighted by Crippen LogP contribution is 2.59. The van der Waals surface area contributed by atoms with E-state index in [9.17, 15) is 0 Å². The molecule has 2 aliphatic carbocycles. The summed E-state index contributed by atoms with van der Waals surface area (Å²) in [5.74, 6) is 2.09. The molecule has 0 N–H and O–H groups in total. The molecule has 0 aromatic heterocycles. The molecule has 0 heterocycles. The Kier molecular flexibility index (Phi) is 6.94. The molecule has 0 amide bonds.